The lowest BCUT2D eigenvalue weighted by molar-refractivity contribution is 0.200. The van der Waals surface area contributed by atoms with Gasteiger partial charge in [0.15, 0.2) is 0 Å². The Morgan fingerprint density at radius 3 is 2.75 bits per heavy atom. The molecule has 0 bridgehead atoms. The fourth-order valence-electron chi connectivity index (χ4n) is 3.32. The number of carboxylic acid groups (broad SMARTS) is 1. The number of halogens is 1. The number of nitrogens with zero attached hydrogens (tertiary/aromatic N) is 2. The Hall–Kier alpha value is -2.40. The maximum Gasteiger partial charge on any atom is 0.411 e. The molecule has 4 nitrogen and oxygen atoms in total. The van der Waals surface area contributed by atoms with Crippen LogP contribution in [0.4, 0.5) is 14.9 Å². The second kappa shape index (κ2) is 7.01. The summed E-state index contributed by atoms with van der Waals surface area (Å²) in [5.41, 5.74) is 2.01. The van der Waals surface area contributed by atoms with Crippen molar-refractivity contribution in [1.29, 1.82) is 0 Å². The second-order valence-corrected chi connectivity index (χ2v) is 6.34. The summed E-state index contributed by atoms with van der Waals surface area (Å²) in [5, 5.41) is 9.72. The van der Waals surface area contributed by atoms with E-state index < -0.39 is 6.09 Å². The summed E-state index contributed by atoms with van der Waals surface area (Å²) in [7, 11) is 2.05. The Labute approximate surface area is 141 Å². The van der Waals surface area contributed by atoms with Crippen molar-refractivity contribution >= 4 is 11.8 Å². The summed E-state index contributed by atoms with van der Waals surface area (Å²) >= 11 is 0. The van der Waals surface area contributed by atoms with Crippen LogP contribution in [0.5, 0.6) is 0 Å². The first kappa shape index (κ1) is 16.5. The molecule has 2 aromatic rings. The maximum absolute atomic E-state index is 13.6. The SMILES string of the molecule is CN1CC[C@@H](CN(C(=O)O)c2ccccc2-c2cccc(F)c2)C1. The van der Waals surface area contributed by atoms with Crippen molar-refractivity contribution in [1.82, 2.24) is 4.90 Å². The molecule has 3 rings (SSSR count). The smallest absolute Gasteiger partial charge is 0.411 e. The fourth-order valence-corrected chi connectivity index (χ4v) is 3.32. The van der Waals surface area contributed by atoms with Crippen LogP contribution in [0.2, 0.25) is 0 Å². The minimum atomic E-state index is -0.978. The number of likely N-dealkylation sites (tertiary alicyclic amines) is 1. The number of hydrogen-bond donors (Lipinski definition) is 1. The molecular weight excluding hydrogens is 307 g/mol. The first-order valence-corrected chi connectivity index (χ1v) is 8.08. The molecular formula is C19H21FN2O2. The zero-order valence-corrected chi connectivity index (χ0v) is 13.7. The third-order valence-corrected chi connectivity index (χ3v) is 4.49. The number of hydrogen-bond acceptors (Lipinski definition) is 2. The molecule has 5 heteroatoms. The minimum absolute atomic E-state index is 0.312. The van der Waals surface area contributed by atoms with Gasteiger partial charge in [-0.3, -0.25) is 4.90 Å². The van der Waals surface area contributed by atoms with Crippen LogP contribution in [-0.2, 0) is 0 Å². The number of anilines is 1. The van der Waals surface area contributed by atoms with E-state index in [9.17, 15) is 14.3 Å². The lowest BCUT2D eigenvalue weighted by Crippen LogP contribution is -2.35. The molecule has 126 valence electrons. The molecule has 0 aliphatic carbocycles. The maximum atomic E-state index is 13.6. The van der Waals surface area contributed by atoms with Crippen molar-refractivity contribution in [2.45, 2.75) is 6.42 Å². The predicted molar refractivity (Wildman–Crippen MR) is 92.8 cm³/mol. The highest BCUT2D eigenvalue weighted by molar-refractivity contribution is 5.92. The van der Waals surface area contributed by atoms with Crippen molar-refractivity contribution in [3.63, 3.8) is 0 Å². The molecule has 1 fully saturated rings. The molecule has 1 atom stereocenters. The molecule has 1 aliphatic heterocycles. The molecule has 1 aliphatic rings. The van der Waals surface area contributed by atoms with Crippen molar-refractivity contribution in [2.24, 2.45) is 5.92 Å². The van der Waals surface area contributed by atoms with Gasteiger partial charge in [-0.25, -0.2) is 9.18 Å². The predicted octanol–water partition coefficient (Wildman–Crippen LogP) is 3.93. The van der Waals surface area contributed by atoms with E-state index in [1.54, 1.807) is 18.2 Å². The van der Waals surface area contributed by atoms with Crippen LogP contribution in [-0.4, -0.2) is 42.8 Å². The Balaban J connectivity index is 1.95. The third-order valence-electron chi connectivity index (χ3n) is 4.49. The average Bonchev–Trinajstić information content (AvgIpc) is 2.97. The van der Waals surface area contributed by atoms with Gasteiger partial charge in [-0.15, -0.1) is 0 Å². The van der Waals surface area contributed by atoms with E-state index in [-0.39, 0.29) is 5.82 Å². The zero-order valence-electron chi connectivity index (χ0n) is 13.7. The van der Waals surface area contributed by atoms with Gasteiger partial charge in [0.2, 0.25) is 0 Å². The number of carbonyl (C=O) groups is 1. The van der Waals surface area contributed by atoms with Crippen LogP contribution < -0.4 is 4.90 Å². The van der Waals surface area contributed by atoms with Gasteiger partial charge < -0.3 is 10.0 Å². The van der Waals surface area contributed by atoms with Gasteiger partial charge in [0, 0.05) is 18.7 Å². The summed E-state index contributed by atoms with van der Waals surface area (Å²) in [6.07, 6.45) is 0.0102. The van der Waals surface area contributed by atoms with Gasteiger partial charge in [-0.2, -0.15) is 0 Å². The van der Waals surface area contributed by atoms with Crippen LogP contribution in [0.1, 0.15) is 6.42 Å². The van der Waals surface area contributed by atoms with E-state index in [1.807, 2.05) is 25.2 Å². The zero-order chi connectivity index (χ0) is 17.1. The minimum Gasteiger partial charge on any atom is -0.465 e. The second-order valence-electron chi connectivity index (χ2n) is 6.34. The Morgan fingerprint density at radius 1 is 1.29 bits per heavy atom. The number of para-hydroxylation sites is 1. The van der Waals surface area contributed by atoms with Crippen LogP contribution in [0.3, 0.4) is 0 Å². The van der Waals surface area contributed by atoms with Gasteiger partial charge in [0.1, 0.15) is 5.82 Å². The average molecular weight is 328 g/mol. The highest BCUT2D eigenvalue weighted by Crippen LogP contribution is 2.32. The summed E-state index contributed by atoms with van der Waals surface area (Å²) < 4.78 is 13.6. The van der Waals surface area contributed by atoms with E-state index >= 15 is 0 Å². The molecule has 0 radical (unpaired) electrons. The standard InChI is InChI=1S/C19H21FN2O2/c1-21-10-9-14(12-21)13-22(19(23)24)18-8-3-2-7-17(18)15-5-4-6-16(20)11-15/h2-8,11,14H,9-10,12-13H2,1H3,(H,23,24)/t14-/m1/s1. The number of rotatable bonds is 4. The lowest BCUT2D eigenvalue weighted by Gasteiger charge is -2.25. The monoisotopic (exact) mass is 328 g/mol. The molecule has 0 aromatic heterocycles. The molecule has 1 saturated heterocycles. The molecule has 0 unspecified atom stereocenters. The lowest BCUT2D eigenvalue weighted by atomic mass is 10.0. The van der Waals surface area contributed by atoms with Gasteiger partial charge in [0.05, 0.1) is 5.69 Å². The van der Waals surface area contributed by atoms with Crippen molar-refractivity contribution < 1.29 is 14.3 Å². The molecule has 1 heterocycles. The molecule has 24 heavy (non-hydrogen) atoms. The van der Waals surface area contributed by atoms with E-state index in [1.165, 1.54) is 17.0 Å². The molecule has 0 saturated carbocycles. The van der Waals surface area contributed by atoms with E-state index in [4.69, 9.17) is 0 Å². The first-order valence-electron chi connectivity index (χ1n) is 8.08. The normalized spacial score (nSPS) is 17.8. The van der Waals surface area contributed by atoms with E-state index in [2.05, 4.69) is 4.90 Å². The van der Waals surface area contributed by atoms with Gasteiger partial charge in [-0.1, -0.05) is 30.3 Å². The fraction of sp³-hybridized carbons (Fsp3) is 0.316. The third kappa shape index (κ3) is 3.57. The van der Waals surface area contributed by atoms with E-state index in [0.29, 0.717) is 23.7 Å². The van der Waals surface area contributed by atoms with Crippen molar-refractivity contribution in [3.05, 3.63) is 54.3 Å². The highest BCUT2D eigenvalue weighted by atomic mass is 19.1. The van der Waals surface area contributed by atoms with E-state index in [0.717, 1.165) is 25.1 Å². The van der Waals surface area contributed by atoms with Gasteiger partial charge in [0.25, 0.3) is 0 Å². The van der Waals surface area contributed by atoms with Crippen molar-refractivity contribution in [3.8, 4) is 11.1 Å². The molecule has 0 spiro atoms. The quantitative estimate of drug-likeness (QED) is 0.925. The number of benzene rings is 2. The molecule has 2 aromatic carbocycles. The first-order chi connectivity index (χ1) is 11.5. The molecule has 1 amide bonds. The highest BCUT2D eigenvalue weighted by Gasteiger charge is 2.26. The van der Waals surface area contributed by atoms with Crippen LogP contribution in [0, 0.1) is 11.7 Å². The topological polar surface area (TPSA) is 43.8 Å². The van der Waals surface area contributed by atoms with Gasteiger partial charge >= 0.3 is 6.09 Å². The van der Waals surface area contributed by atoms with Crippen LogP contribution >= 0.6 is 0 Å². The summed E-state index contributed by atoms with van der Waals surface area (Å²) in [4.78, 5) is 15.5. The van der Waals surface area contributed by atoms with Crippen molar-refractivity contribution in [2.75, 3.05) is 31.6 Å². The van der Waals surface area contributed by atoms with Crippen LogP contribution in [0.15, 0.2) is 48.5 Å². The Bertz CT molecular complexity index is 735. The largest absolute Gasteiger partial charge is 0.465 e. The summed E-state index contributed by atoms with van der Waals surface area (Å²) in [5.74, 6) is -0.0201. The summed E-state index contributed by atoms with van der Waals surface area (Å²) in [6.45, 7) is 2.33. The Kier molecular flexibility index (Phi) is 4.81. The molecule has 1 N–H and O–H groups in total. The Morgan fingerprint density at radius 2 is 2.08 bits per heavy atom. The summed E-state index contributed by atoms with van der Waals surface area (Å²) in [6, 6.07) is 13.5. The number of amides is 1. The van der Waals surface area contributed by atoms with Gasteiger partial charge in [-0.05, 0) is 49.7 Å². The van der Waals surface area contributed by atoms with Crippen LogP contribution in [0.25, 0.3) is 11.1 Å².